The van der Waals surface area contributed by atoms with Gasteiger partial charge in [-0.05, 0) is 50.3 Å². The topological polar surface area (TPSA) is 138 Å². The molecule has 1 aromatic rings. The van der Waals surface area contributed by atoms with Crippen LogP contribution in [0.3, 0.4) is 0 Å². The van der Waals surface area contributed by atoms with Crippen LogP contribution in [0, 0.1) is 24.7 Å². The molecule has 4 rings (SSSR count). The van der Waals surface area contributed by atoms with Crippen molar-refractivity contribution in [3.05, 3.63) is 35.4 Å². The molecule has 2 saturated heterocycles. The van der Waals surface area contributed by atoms with E-state index in [1.165, 1.54) is 7.11 Å². The van der Waals surface area contributed by atoms with Gasteiger partial charge in [-0.3, -0.25) is 0 Å². The molecule has 10 heteroatoms. The Morgan fingerprint density at radius 1 is 1.19 bits per heavy atom. The zero-order valence-corrected chi connectivity index (χ0v) is 21.3. The number of hydrogen-bond donors (Lipinski definition) is 4. The average molecular weight is 520 g/mol. The molecule has 0 radical (unpaired) electrons. The molecular weight excluding hydrogens is 482 g/mol. The monoisotopic (exact) mass is 519 g/mol. The van der Waals surface area contributed by atoms with Crippen molar-refractivity contribution in [2.75, 3.05) is 33.5 Å². The van der Waals surface area contributed by atoms with E-state index in [9.17, 15) is 25.2 Å². The van der Waals surface area contributed by atoms with E-state index in [0.717, 1.165) is 30.4 Å². The summed E-state index contributed by atoms with van der Waals surface area (Å²) >= 11 is 0. The lowest BCUT2D eigenvalue weighted by Crippen LogP contribution is -2.59. The highest BCUT2D eigenvalue weighted by Crippen LogP contribution is 2.45. The molecule has 37 heavy (non-hydrogen) atoms. The van der Waals surface area contributed by atoms with Crippen molar-refractivity contribution >= 4 is 6.09 Å². The van der Waals surface area contributed by atoms with Gasteiger partial charge in [0, 0.05) is 24.1 Å². The van der Waals surface area contributed by atoms with Crippen LogP contribution in [0.2, 0.25) is 0 Å². The maximum atomic E-state index is 12.4. The van der Waals surface area contributed by atoms with Gasteiger partial charge in [-0.15, -0.1) is 0 Å². The normalized spacial score (nSPS) is 35.4. The van der Waals surface area contributed by atoms with Gasteiger partial charge in [0.1, 0.15) is 30.0 Å². The number of benzene rings is 1. The highest BCUT2D eigenvalue weighted by Gasteiger charge is 2.52. The average Bonchev–Trinajstić information content (AvgIpc) is 3.35. The number of aryl methyl sites for hydroxylation is 1. The molecule has 3 aliphatic rings. The first kappa shape index (κ1) is 27.8. The Morgan fingerprint density at radius 3 is 2.73 bits per heavy atom. The Hall–Kier alpha value is -2.23. The lowest BCUT2D eigenvalue weighted by atomic mass is 9.72. The minimum Gasteiger partial charge on any atom is -0.453 e. The molecule has 1 amide bonds. The van der Waals surface area contributed by atoms with Crippen LogP contribution in [0.25, 0.3) is 0 Å². The van der Waals surface area contributed by atoms with Crippen LogP contribution in [0.1, 0.15) is 36.8 Å². The van der Waals surface area contributed by atoms with Crippen molar-refractivity contribution in [2.24, 2.45) is 5.92 Å². The Bertz CT molecular complexity index is 992. The van der Waals surface area contributed by atoms with Crippen LogP contribution in [0.15, 0.2) is 24.3 Å². The molecule has 0 bridgehead atoms. The molecule has 4 N–H and O–H groups in total. The standard InChI is InChI=1S/C27H37NO9/c1-17-5-3-6-18(15-17)8-11-27(10-4-7-20-19(27)9-12-28(20)26(33)34-2)36-14-13-35-25-24(32)23(31)22(30)21(16-29)37-25/h3,5-6,15,19-25,29-32H,4,7,9-10,12-14,16H2,1-2H3/t19-,20-,21-,22-,23+,24-,25+,27-/m1/s1. The molecule has 3 fully saturated rings. The van der Waals surface area contributed by atoms with E-state index in [1.807, 2.05) is 31.2 Å². The molecule has 2 aliphatic heterocycles. The number of ether oxygens (including phenoxy) is 4. The third-order valence-corrected chi connectivity index (χ3v) is 7.61. The summed E-state index contributed by atoms with van der Waals surface area (Å²) in [5.41, 5.74) is 1.17. The molecule has 0 unspecified atom stereocenters. The summed E-state index contributed by atoms with van der Waals surface area (Å²) in [4.78, 5) is 14.1. The van der Waals surface area contributed by atoms with Crippen molar-refractivity contribution in [1.29, 1.82) is 0 Å². The Kier molecular flexibility index (Phi) is 9.08. The van der Waals surface area contributed by atoms with E-state index in [-0.39, 0.29) is 31.3 Å². The fourth-order valence-electron chi connectivity index (χ4n) is 5.72. The molecule has 10 nitrogen and oxygen atoms in total. The maximum Gasteiger partial charge on any atom is 0.409 e. The van der Waals surface area contributed by atoms with E-state index >= 15 is 0 Å². The SMILES string of the molecule is COC(=O)N1CC[C@@H]2[C@H]1CCC[C@]2(C#Cc1cccc(C)c1)OCCO[C@H]1O[C@H](CO)[C@@H](O)[C@H](O)[C@H]1O. The lowest BCUT2D eigenvalue weighted by molar-refractivity contribution is -0.303. The van der Waals surface area contributed by atoms with Gasteiger partial charge in [0.05, 0.1) is 26.9 Å². The van der Waals surface area contributed by atoms with Crippen LogP contribution in [-0.4, -0.2) is 107 Å². The predicted molar refractivity (Wildman–Crippen MR) is 131 cm³/mol. The van der Waals surface area contributed by atoms with Crippen LogP contribution < -0.4 is 0 Å². The predicted octanol–water partition coefficient (Wildman–Crippen LogP) is 0.559. The summed E-state index contributed by atoms with van der Waals surface area (Å²) in [6.07, 6.45) is -3.95. The number of likely N-dealkylation sites (tertiary alicyclic amines) is 1. The molecular formula is C27H37NO9. The number of methoxy groups -OCH3 is 1. The zero-order chi connectivity index (χ0) is 26.6. The van der Waals surface area contributed by atoms with Crippen molar-refractivity contribution in [3.8, 4) is 11.8 Å². The van der Waals surface area contributed by atoms with Gasteiger partial charge in [0.2, 0.25) is 0 Å². The number of rotatable bonds is 6. The smallest absolute Gasteiger partial charge is 0.409 e. The van der Waals surface area contributed by atoms with Crippen LogP contribution in [0.5, 0.6) is 0 Å². The number of aliphatic hydroxyl groups excluding tert-OH is 4. The van der Waals surface area contributed by atoms with Gasteiger partial charge in [0.25, 0.3) is 0 Å². The number of fused-ring (bicyclic) bond motifs is 1. The summed E-state index contributed by atoms with van der Waals surface area (Å²) in [5.74, 6) is 6.69. The van der Waals surface area contributed by atoms with Gasteiger partial charge >= 0.3 is 6.09 Å². The summed E-state index contributed by atoms with van der Waals surface area (Å²) in [7, 11) is 1.39. The van der Waals surface area contributed by atoms with Gasteiger partial charge in [-0.1, -0.05) is 24.0 Å². The molecule has 204 valence electrons. The van der Waals surface area contributed by atoms with Gasteiger partial charge in [0.15, 0.2) is 6.29 Å². The van der Waals surface area contributed by atoms with Crippen LogP contribution in [0.4, 0.5) is 4.79 Å². The summed E-state index contributed by atoms with van der Waals surface area (Å²) in [6, 6.07) is 7.89. The van der Waals surface area contributed by atoms with Gasteiger partial charge < -0.3 is 44.3 Å². The van der Waals surface area contributed by atoms with Crippen molar-refractivity contribution < 1.29 is 44.2 Å². The van der Waals surface area contributed by atoms with Crippen molar-refractivity contribution in [2.45, 2.75) is 75.0 Å². The molecule has 0 aromatic heterocycles. The van der Waals surface area contributed by atoms with Gasteiger partial charge in [-0.25, -0.2) is 4.79 Å². The highest BCUT2D eigenvalue weighted by molar-refractivity contribution is 5.68. The highest BCUT2D eigenvalue weighted by atomic mass is 16.7. The first-order valence-corrected chi connectivity index (χ1v) is 12.8. The second kappa shape index (κ2) is 12.1. The molecule has 0 spiro atoms. The number of carbonyl (C=O) groups excluding carboxylic acids is 1. The Morgan fingerprint density at radius 2 is 2.00 bits per heavy atom. The van der Waals surface area contributed by atoms with E-state index in [1.54, 1.807) is 4.90 Å². The molecule has 1 saturated carbocycles. The van der Waals surface area contributed by atoms with Crippen LogP contribution >= 0.6 is 0 Å². The second-order valence-corrected chi connectivity index (χ2v) is 9.94. The summed E-state index contributed by atoms with van der Waals surface area (Å²) in [6.45, 7) is 2.20. The fraction of sp³-hybridized carbons (Fsp3) is 0.667. The van der Waals surface area contributed by atoms with Gasteiger partial charge in [-0.2, -0.15) is 0 Å². The van der Waals surface area contributed by atoms with E-state index in [0.29, 0.717) is 13.0 Å². The van der Waals surface area contributed by atoms with E-state index in [4.69, 9.17) is 18.9 Å². The van der Waals surface area contributed by atoms with Crippen LogP contribution in [-0.2, 0) is 18.9 Å². The number of hydrogen-bond acceptors (Lipinski definition) is 9. The fourth-order valence-corrected chi connectivity index (χ4v) is 5.72. The molecule has 2 heterocycles. The maximum absolute atomic E-state index is 12.4. The van der Waals surface area contributed by atoms with Crippen molar-refractivity contribution in [1.82, 2.24) is 4.90 Å². The Labute approximate surface area is 217 Å². The second-order valence-electron chi connectivity index (χ2n) is 9.94. The molecule has 1 aliphatic carbocycles. The number of nitrogens with zero attached hydrogens (tertiary/aromatic N) is 1. The Balaban J connectivity index is 1.49. The largest absolute Gasteiger partial charge is 0.453 e. The first-order valence-electron chi connectivity index (χ1n) is 12.8. The molecule has 8 atom stereocenters. The third-order valence-electron chi connectivity index (χ3n) is 7.61. The third kappa shape index (κ3) is 5.94. The number of aliphatic hydroxyl groups is 4. The first-order chi connectivity index (χ1) is 17.8. The number of amides is 1. The van der Waals surface area contributed by atoms with E-state index in [2.05, 4.69) is 11.8 Å². The lowest BCUT2D eigenvalue weighted by Gasteiger charge is -2.43. The number of carbonyl (C=O) groups is 1. The summed E-state index contributed by atoms with van der Waals surface area (Å²) in [5, 5.41) is 39.6. The minimum atomic E-state index is -1.51. The van der Waals surface area contributed by atoms with Crippen molar-refractivity contribution in [3.63, 3.8) is 0 Å². The zero-order valence-electron chi connectivity index (χ0n) is 21.3. The summed E-state index contributed by atoms with van der Waals surface area (Å²) < 4.78 is 22.5. The quantitative estimate of drug-likeness (QED) is 0.314. The molecule has 1 aromatic carbocycles. The van der Waals surface area contributed by atoms with E-state index < -0.39 is 42.9 Å². The minimum absolute atomic E-state index is 0.00933.